The number of halogens is 4. The van der Waals surface area contributed by atoms with Crippen LogP contribution in [0.2, 0.25) is 5.02 Å². The summed E-state index contributed by atoms with van der Waals surface area (Å²) in [6, 6.07) is 11.4. The number of benzene rings is 2. The van der Waals surface area contributed by atoms with Crippen LogP contribution in [0.25, 0.3) is 11.4 Å². The molecule has 3 aromatic rings. The van der Waals surface area contributed by atoms with Gasteiger partial charge in [0.15, 0.2) is 11.9 Å². The third-order valence-corrected chi connectivity index (χ3v) is 10.3. The number of alkyl halides is 3. The van der Waals surface area contributed by atoms with Crippen molar-refractivity contribution in [3.8, 4) is 11.4 Å². The Balaban J connectivity index is 1.14. The molecule has 4 heterocycles. The number of likely N-dealkylation sites (N-methyl/N-ethyl adjacent to an activating group) is 1. The maximum absolute atomic E-state index is 14.0. The summed E-state index contributed by atoms with van der Waals surface area (Å²) in [6.07, 6.45) is -4.91. The molecule has 0 aliphatic carbocycles. The predicted octanol–water partition coefficient (Wildman–Crippen LogP) is 4.12. The Morgan fingerprint density at radius 3 is 2.22 bits per heavy atom. The number of aromatic nitrogens is 3. The Morgan fingerprint density at radius 2 is 1.58 bits per heavy atom. The number of piperidine rings is 2. The molecule has 0 unspecified atom stereocenters. The average Bonchev–Trinajstić information content (AvgIpc) is 3.50. The molecule has 0 bridgehead atoms. The van der Waals surface area contributed by atoms with Crippen LogP contribution in [-0.4, -0.2) is 118 Å². The normalized spacial score (nSPS) is 19.5. The highest BCUT2D eigenvalue weighted by atomic mass is 35.5. The summed E-state index contributed by atoms with van der Waals surface area (Å²) in [7, 11) is 2.09. The van der Waals surface area contributed by atoms with Crippen molar-refractivity contribution in [1.29, 1.82) is 0 Å². The lowest BCUT2D eigenvalue weighted by atomic mass is 9.99. The molecule has 1 aromatic heterocycles. The number of carbonyl (C=O) groups excluding carboxylic acids is 2. The standard InChI is InChI=1S/C34H42ClF3N8O4/c1-42-15-17-43(18-16-42)24-7-11-44(12-8-24)31(47)28(21-22-19-26(34(36,37)38)29(39)27(35)20-22)50-33(49)45-13-9-25(10-14-45)46-32(48)40-30(41-46)23-5-3-2-4-6-23/h2-6,19-20,24-25,28H,7-18,21,39H2,1H3,(H,40,41,48)/t28-/m1/s1. The molecule has 2 amide bonds. The van der Waals surface area contributed by atoms with Gasteiger partial charge in [-0.05, 0) is 50.4 Å². The molecule has 0 spiro atoms. The number of nitrogens with one attached hydrogen (secondary N) is 1. The average molecular weight is 719 g/mol. The van der Waals surface area contributed by atoms with Gasteiger partial charge in [-0.1, -0.05) is 41.9 Å². The first-order chi connectivity index (χ1) is 23.9. The van der Waals surface area contributed by atoms with Crippen LogP contribution < -0.4 is 11.4 Å². The van der Waals surface area contributed by atoms with E-state index < -0.39 is 35.5 Å². The Bertz CT molecular complexity index is 1710. The highest BCUT2D eigenvalue weighted by molar-refractivity contribution is 6.33. The van der Waals surface area contributed by atoms with Crippen LogP contribution in [0.1, 0.15) is 42.9 Å². The molecule has 0 saturated carbocycles. The van der Waals surface area contributed by atoms with Gasteiger partial charge in [-0.25, -0.2) is 14.3 Å². The van der Waals surface area contributed by atoms with E-state index in [1.807, 2.05) is 30.3 Å². The van der Waals surface area contributed by atoms with Crippen LogP contribution in [-0.2, 0) is 22.1 Å². The first-order valence-corrected chi connectivity index (χ1v) is 17.3. The van der Waals surface area contributed by atoms with E-state index in [1.165, 1.54) is 15.6 Å². The molecule has 270 valence electrons. The maximum Gasteiger partial charge on any atom is 0.418 e. The Labute approximate surface area is 292 Å². The van der Waals surface area contributed by atoms with Gasteiger partial charge in [-0.2, -0.15) is 13.2 Å². The first-order valence-electron chi connectivity index (χ1n) is 16.9. The Kier molecular flexibility index (Phi) is 10.7. The lowest BCUT2D eigenvalue weighted by molar-refractivity contribution is -0.142. The van der Waals surface area contributed by atoms with Crippen molar-refractivity contribution >= 4 is 29.3 Å². The van der Waals surface area contributed by atoms with Gasteiger partial charge in [0.2, 0.25) is 0 Å². The number of nitrogen functional groups attached to an aromatic ring is 1. The monoisotopic (exact) mass is 718 g/mol. The number of hydrogen-bond acceptors (Lipinski definition) is 8. The van der Waals surface area contributed by atoms with Crippen molar-refractivity contribution in [3.63, 3.8) is 0 Å². The number of hydrogen-bond donors (Lipinski definition) is 2. The van der Waals surface area contributed by atoms with Crippen LogP contribution >= 0.6 is 11.6 Å². The lowest BCUT2D eigenvalue weighted by Crippen LogP contribution is -2.54. The number of likely N-dealkylation sites (tertiary alicyclic amines) is 2. The number of nitrogens with two attached hydrogens (primary N) is 1. The van der Waals surface area contributed by atoms with E-state index in [2.05, 4.69) is 26.9 Å². The number of carbonyl (C=O) groups is 2. The highest BCUT2D eigenvalue weighted by Gasteiger charge is 2.38. The topological polar surface area (TPSA) is 133 Å². The van der Waals surface area contributed by atoms with Crippen LogP contribution in [0.15, 0.2) is 47.3 Å². The number of nitrogens with zero attached hydrogens (tertiary/aromatic N) is 6. The molecule has 1 atom stereocenters. The number of aromatic amines is 1. The maximum atomic E-state index is 14.0. The summed E-state index contributed by atoms with van der Waals surface area (Å²) in [6.45, 7) is 5.20. The van der Waals surface area contributed by atoms with E-state index in [9.17, 15) is 27.6 Å². The van der Waals surface area contributed by atoms with Crippen LogP contribution in [0, 0.1) is 0 Å². The first kappa shape index (κ1) is 35.7. The fraction of sp³-hybridized carbons (Fsp3) is 0.529. The second-order valence-corrected chi connectivity index (χ2v) is 13.7. The van der Waals surface area contributed by atoms with E-state index in [0.717, 1.165) is 50.7 Å². The van der Waals surface area contributed by atoms with Crippen molar-refractivity contribution in [2.24, 2.45) is 0 Å². The quantitative estimate of drug-likeness (QED) is 0.349. The zero-order valence-electron chi connectivity index (χ0n) is 27.9. The molecule has 50 heavy (non-hydrogen) atoms. The third-order valence-electron chi connectivity index (χ3n) is 10.0. The molecule has 2 aromatic carbocycles. The minimum absolute atomic E-state index is 0.0702. The zero-order valence-corrected chi connectivity index (χ0v) is 28.6. The molecule has 3 N–H and O–H groups in total. The summed E-state index contributed by atoms with van der Waals surface area (Å²) in [4.78, 5) is 50.8. The van der Waals surface area contributed by atoms with E-state index in [0.29, 0.717) is 37.8 Å². The molecule has 3 aliphatic rings. The van der Waals surface area contributed by atoms with Crippen molar-refractivity contribution in [2.45, 2.75) is 56.5 Å². The minimum atomic E-state index is -4.77. The molecule has 16 heteroatoms. The molecular formula is C34H42ClF3N8O4. The Hall–Kier alpha value is -4.08. The minimum Gasteiger partial charge on any atom is -0.436 e. The second-order valence-electron chi connectivity index (χ2n) is 13.3. The van der Waals surface area contributed by atoms with E-state index in [4.69, 9.17) is 22.1 Å². The molecule has 0 radical (unpaired) electrons. The molecule has 3 saturated heterocycles. The highest BCUT2D eigenvalue weighted by Crippen LogP contribution is 2.38. The van der Waals surface area contributed by atoms with Gasteiger partial charge in [0.05, 0.1) is 22.3 Å². The largest absolute Gasteiger partial charge is 0.436 e. The fourth-order valence-corrected chi connectivity index (χ4v) is 7.30. The van der Waals surface area contributed by atoms with Crippen LogP contribution in [0.5, 0.6) is 0 Å². The molecule has 3 aliphatic heterocycles. The Morgan fingerprint density at radius 1 is 0.960 bits per heavy atom. The fourth-order valence-electron chi connectivity index (χ4n) is 7.06. The number of ether oxygens (including phenoxy) is 1. The number of rotatable bonds is 7. The van der Waals surface area contributed by atoms with Crippen molar-refractivity contribution in [2.75, 3.05) is 65.1 Å². The van der Waals surface area contributed by atoms with E-state index in [-0.39, 0.29) is 41.8 Å². The smallest absolute Gasteiger partial charge is 0.418 e. The van der Waals surface area contributed by atoms with Gasteiger partial charge >= 0.3 is 18.0 Å². The molecule has 12 nitrogen and oxygen atoms in total. The summed E-state index contributed by atoms with van der Waals surface area (Å²) in [5, 5.41) is 4.18. The third kappa shape index (κ3) is 8.10. The molecule has 3 fully saturated rings. The van der Waals surface area contributed by atoms with Crippen molar-refractivity contribution in [3.05, 3.63) is 69.1 Å². The summed E-state index contributed by atoms with van der Waals surface area (Å²) < 4.78 is 48.6. The molecular weight excluding hydrogens is 677 g/mol. The number of piperazine rings is 1. The second kappa shape index (κ2) is 15.0. The molecule has 6 rings (SSSR count). The van der Waals surface area contributed by atoms with Gasteiger partial charge in [0.25, 0.3) is 5.91 Å². The predicted molar refractivity (Wildman–Crippen MR) is 182 cm³/mol. The van der Waals surface area contributed by atoms with Gasteiger partial charge < -0.3 is 25.2 Å². The van der Waals surface area contributed by atoms with Gasteiger partial charge in [-0.15, -0.1) is 5.10 Å². The van der Waals surface area contributed by atoms with Crippen LogP contribution in [0.3, 0.4) is 0 Å². The SMILES string of the molecule is CN1CCN(C2CCN(C(=O)[C@@H](Cc3cc(Cl)c(N)c(C(F)(F)F)c3)OC(=O)N3CCC(n4nc(-c5ccccc5)[nH]c4=O)CC3)CC2)CC1. The van der Waals surface area contributed by atoms with Gasteiger partial charge in [-0.3, -0.25) is 14.7 Å². The zero-order chi connectivity index (χ0) is 35.6. The number of anilines is 1. The van der Waals surface area contributed by atoms with Crippen LogP contribution in [0.4, 0.5) is 23.7 Å². The summed E-state index contributed by atoms with van der Waals surface area (Å²) in [5.41, 5.74) is 4.41. The number of H-pyrrole nitrogens is 1. The van der Waals surface area contributed by atoms with Gasteiger partial charge in [0, 0.05) is 70.4 Å². The summed E-state index contributed by atoms with van der Waals surface area (Å²) in [5.74, 6) is -0.0223. The van der Waals surface area contributed by atoms with E-state index >= 15 is 0 Å². The summed E-state index contributed by atoms with van der Waals surface area (Å²) >= 11 is 6.10. The van der Waals surface area contributed by atoms with E-state index in [1.54, 1.807) is 4.90 Å². The number of amides is 2. The lowest BCUT2D eigenvalue weighted by Gasteiger charge is -2.42. The van der Waals surface area contributed by atoms with Crippen molar-refractivity contribution in [1.82, 2.24) is 34.4 Å². The van der Waals surface area contributed by atoms with Gasteiger partial charge in [0.1, 0.15) is 0 Å². The van der Waals surface area contributed by atoms with Crippen molar-refractivity contribution < 1.29 is 27.5 Å².